The van der Waals surface area contributed by atoms with Gasteiger partial charge < -0.3 is 20.5 Å². The normalized spacial score (nSPS) is 20.7. The van der Waals surface area contributed by atoms with Crippen LogP contribution in [0.2, 0.25) is 0 Å². The molecule has 0 radical (unpaired) electrons. The number of hydrogen-bond donors (Lipinski definition) is 2. The summed E-state index contributed by atoms with van der Waals surface area (Å²) in [5.74, 6) is 1.22. The fourth-order valence-corrected chi connectivity index (χ4v) is 2.75. The van der Waals surface area contributed by atoms with Gasteiger partial charge in [-0.15, -0.1) is 12.4 Å². The highest BCUT2D eigenvalue weighted by Crippen LogP contribution is 2.29. The van der Waals surface area contributed by atoms with E-state index in [4.69, 9.17) is 15.2 Å². The molecular weight excluding hydrogens is 304 g/mol. The summed E-state index contributed by atoms with van der Waals surface area (Å²) < 4.78 is 10.6. The number of hydrogen-bond acceptors (Lipinski definition) is 4. The third kappa shape index (κ3) is 4.27. The number of halogens is 1. The van der Waals surface area contributed by atoms with Crippen molar-refractivity contribution in [3.8, 4) is 11.5 Å². The van der Waals surface area contributed by atoms with Crippen LogP contribution in [0.5, 0.6) is 11.5 Å². The summed E-state index contributed by atoms with van der Waals surface area (Å²) in [6, 6.07) is 3.98. The van der Waals surface area contributed by atoms with Crippen molar-refractivity contribution >= 4 is 18.3 Å². The molecule has 22 heavy (non-hydrogen) atoms. The van der Waals surface area contributed by atoms with Crippen LogP contribution in [0, 0.1) is 6.92 Å². The standard InChI is InChI=1S/C16H24N2O3.ClH/c1-10-14(20-2)8-11(9-15(10)21-3)16(19)18-13-6-4-12(17)5-7-13;/h8-9,12-13H,4-7,17H2,1-3H3,(H,18,19);1H. The van der Waals surface area contributed by atoms with Gasteiger partial charge in [0.2, 0.25) is 0 Å². The molecule has 0 aliphatic heterocycles. The number of benzene rings is 1. The number of methoxy groups -OCH3 is 2. The Bertz CT molecular complexity index is 489. The number of carbonyl (C=O) groups is 1. The first kappa shape index (κ1) is 18.6. The van der Waals surface area contributed by atoms with Gasteiger partial charge in [-0.1, -0.05) is 0 Å². The van der Waals surface area contributed by atoms with Gasteiger partial charge in [0, 0.05) is 23.2 Å². The minimum absolute atomic E-state index is 0. The van der Waals surface area contributed by atoms with Crippen LogP contribution >= 0.6 is 12.4 Å². The van der Waals surface area contributed by atoms with Crippen LogP contribution in [-0.2, 0) is 0 Å². The van der Waals surface area contributed by atoms with Gasteiger partial charge in [-0.3, -0.25) is 4.79 Å². The van der Waals surface area contributed by atoms with E-state index in [2.05, 4.69) is 5.32 Å². The summed E-state index contributed by atoms with van der Waals surface area (Å²) in [7, 11) is 3.18. The molecule has 1 aromatic carbocycles. The Morgan fingerprint density at radius 2 is 1.64 bits per heavy atom. The zero-order valence-corrected chi connectivity index (χ0v) is 14.2. The lowest BCUT2D eigenvalue weighted by molar-refractivity contribution is 0.0925. The highest BCUT2D eigenvalue weighted by atomic mass is 35.5. The summed E-state index contributed by atoms with van der Waals surface area (Å²) in [5, 5.41) is 3.07. The van der Waals surface area contributed by atoms with Crippen molar-refractivity contribution < 1.29 is 14.3 Å². The maximum atomic E-state index is 12.4. The molecule has 0 heterocycles. The average Bonchev–Trinajstić information content (AvgIpc) is 2.49. The van der Waals surface area contributed by atoms with E-state index in [1.165, 1.54) is 0 Å². The molecule has 0 bridgehead atoms. The monoisotopic (exact) mass is 328 g/mol. The Morgan fingerprint density at radius 3 is 2.09 bits per heavy atom. The van der Waals surface area contributed by atoms with Crippen molar-refractivity contribution in [2.24, 2.45) is 5.73 Å². The molecule has 1 aliphatic carbocycles. The van der Waals surface area contributed by atoms with E-state index in [0.717, 1.165) is 31.2 Å². The molecule has 0 spiro atoms. The molecule has 1 amide bonds. The van der Waals surface area contributed by atoms with Gasteiger partial charge in [-0.2, -0.15) is 0 Å². The molecule has 1 fully saturated rings. The molecule has 0 atom stereocenters. The second-order valence-electron chi connectivity index (χ2n) is 5.59. The zero-order chi connectivity index (χ0) is 15.4. The number of amides is 1. The summed E-state index contributed by atoms with van der Waals surface area (Å²) in [6.45, 7) is 1.90. The van der Waals surface area contributed by atoms with Crippen molar-refractivity contribution in [3.63, 3.8) is 0 Å². The number of carbonyl (C=O) groups excluding carboxylic acids is 1. The van der Waals surface area contributed by atoms with Crippen molar-refractivity contribution in [2.45, 2.75) is 44.7 Å². The predicted molar refractivity (Wildman–Crippen MR) is 89.2 cm³/mol. The van der Waals surface area contributed by atoms with Crippen LogP contribution in [0.4, 0.5) is 0 Å². The Hall–Kier alpha value is -1.46. The van der Waals surface area contributed by atoms with Crippen molar-refractivity contribution in [3.05, 3.63) is 23.3 Å². The number of nitrogens with two attached hydrogens (primary N) is 1. The third-order valence-electron chi connectivity index (χ3n) is 4.12. The second kappa shape index (κ2) is 8.25. The van der Waals surface area contributed by atoms with E-state index in [-0.39, 0.29) is 30.4 Å². The molecule has 1 aromatic rings. The van der Waals surface area contributed by atoms with Gasteiger partial charge in [0.05, 0.1) is 14.2 Å². The lowest BCUT2D eigenvalue weighted by Crippen LogP contribution is -2.40. The summed E-state index contributed by atoms with van der Waals surface area (Å²) >= 11 is 0. The van der Waals surface area contributed by atoms with E-state index < -0.39 is 0 Å². The largest absolute Gasteiger partial charge is 0.496 e. The van der Waals surface area contributed by atoms with E-state index >= 15 is 0 Å². The molecule has 2 rings (SSSR count). The highest BCUT2D eigenvalue weighted by Gasteiger charge is 2.21. The highest BCUT2D eigenvalue weighted by molar-refractivity contribution is 5.95. The van der Waals surface area contributed by atoms with Gasteiger partial charge >= 0.3 is 0 Å². The van der Waals surface area contributed by atoms with E-state index in [1.807, 2.05) is 6.92 Å². The van der Waals surface area contributed by atoms with Gasteiger partial charge in [-0.25, -0.2) is 0 Å². The molecule has 0 aromatic heterocycles. The topological polar surface area (TPSA) is 73.6 Å². The Kier molecular flexibility index (Phi) is 6.97. The fraction of sp³-hybridized carbons (Fsp3) is 0.562. The van der Waals surface area contributed by atoms with Gasteiger partial charge in [0.1, 0.15) is 11.5 Å². The quantitative estimate of drug-likeness (QED) is 0.890. The summed E-state index contributed by atoms with van der Waals surface area (Å²) in [4.78, 5) is 12.4. The molecule has 1 aliphatic rings. The molecule has 3 N–H and O–H groups in total. The molecule has 124 valence electrons. The number of rotatable bonds is 4. The Balaban J connectivity index is 0.00000242. The van der Waals surface area contributed by atoms with Crippen LogP contribution < -0.4 is 20.5 Å². The first-order valence-corrected chi connectivity index (χ1v) is 7.34. The number of nitrogens with one attached hydrogen (secondary N) is 1. The minimum Gasteiger partial charge on any atom is -0.496 e. The van der Waals surface area contributed by atoms with Crippen LogP contribution in [0.15, 0.2) is 12.1 Å². The van der Waals surface area contributed by atoms with Gasteiger partial charge in [0.25, 0.3) is 5.91 Å². The molecular formula is C16H25ClN2O3. The third-order valence-corrected chi connectivity index (χ3v) is 4.12. The van der Waals surface area contributed by atoms with E-state index in [0.29, 0.717) is 17.1 Å². The minimum atomic E-state index is -0.0907. The molecule has 0 unspecified atom stereocenters. The maximum Gasteiger partial charge on any atom is 0.251 e. The van der Waals surface area contributed by atoms with E-state index in [9.17, 15) is 4.79 Å². The molecule has 5 nitrogen and oxygen atoms in total. The number of ether oxygens (including phenoxy) is 2. The lowest BCUT2D eigenvalue weighted by atomic mass is 9.91. The maximum absolute atomic E-state index is 12.4. The van der Waals surface area contributed by atoms with Crippen molar-refractivity contribution in [1.29, 1.82) is 0 Å². The lowest BCUT2D eigenvalue weighted by Gasteiger charge is -2.27. The summed E-state index contributed by atoms with van der Waals surface area (Å²) in [5.41, 5.74) is 7.33. The Labute approximate surface area is 138 Å². The smallest absolute Gasteiger partial charge is 0.251 e. The van der Waals surface area contributed by atoms with E-state index in [1.54, 1.807) is 26.4 Å². The average molecular weight is 329 g/mol. The van der Waals surface area contributed by atoms with Gasteiger partial charge in [0.15, 0.2) is 0 Å². The zero-order valence-electron chi connectivity index (χ0n) is 13.3. The van der Waals surface area contributed by atoms with Crippen LogP contribution in [0.25, 0.3) is 0 Å². The Morgan fingerprint density at radius 1 is 1.14 bits per heavy atom. The molecule has 1 saturated carbocycles. The van der Waals surface area contributed by atoms with Gasteiger partial charge in [-0.05, 0) is 44.7 Å². The predicted octanol–water partition coefficient (Wildman–Crippen LogP) is 2.43. The second-order valence-corrected chi connectivity index (χ2v) is 5.59. The first-order chi connectivity index (χ1) is 10.0. The molecule has 6 heteroatoms. The van der Waals surface area contributed by atoms with Crippen molar-refractivity contribution in [1.82, 2.24) is 5.32 Å². The summed E-state index contributed by atoms with van der Waals surface area (Å²) in [6.07, 6.45) is 3.80. The SMILES string of the molecule is COc1cc(C(=O)NC2CCC(N)CC2)cc(OC)c1C.Cl. The van der Waals surface area contributed by atoms with Crippen LogP contribution in [0.1, 0.15) is 41.6 Å². The van der Waals surface area contributed by atoms with Crippen LogP contribution in [-0.4, -0.2) is 32.2 Å². The molecule has 0 saturated heterocycles. The fourth-order valence-electron chi connectivity index (χ4n) is 2.75. The van der Waals surface area contributed by atoms with Crippen molar-refractivity contribution in [2.75, 3.05) is 14.2 Å². The first-order valence-electron chi connectivity index (χ1n) is 7.34. The van der Waals surface area contributed by atoms with Crippen LogP contribution in [0.3, 0.4) is 0 Å².